The highest BCUT2D eigenvalue weighted by Gasteiger charge is 2.12. The summed E-state index contributed by atoms with van der Waals surface area (Å²) in [4.78, 5) is 31.9. The second-order valence-corrected chi connectivity index (χ2v) is 7.91. The first-order chi connectivity index (χ1) is 15.6. The van der Waals surface area contributed by atoms with E-state index in [9.17, 15) is 9.59 Å². The molecule has 0 spiro atoms. The van der Waals surface area contributed by atoms with E-state index < -0.39 is 0 Å². The molecule has 7 nitrogen and oxygen atoms in total. The molecular formula is C24H20N4O3S. The Kier molecular flexibility index (Phi) is 5.20. The first kappa shape index (κ1) is 20.0. The van der Waals surface area contributed by atoms with Crippen molar-refractivity contribution in [2.45, 2.75) is 19.5 Å². The summed E-state index contributed by atoms with van der Waals surface area (Å²) in [6.07, 6.45) is 4.19. The summed E-state index contributed by atoms with van der Waals surface area (Å²) >= 11 is 5.46. The quantitative estimate of drug-likeness (QED) is 0.340. The molecule has 8 heteroatoms. The van der Waals surface area contributed by atoms with Crippen LogP contribution in [0.5, 0.6) is 0 Å². The molecule has 5 rings (SSSR count). The molecule has 0 radical (unpaired) electrons. The van der Waals surface area contributed by atoms with Crippen molar-refractivity contribution >= 4 is 39.9 Å². The van der Waals surface area contributed by atoms with Crippen molar-refractivity contribution in [1.82, 2.24) is 19.9 Å². The molecule has 5 aromatic rings. The maximum absolute atomic E-state index is 13.1. The number of nitrogens with zero attached hydrogens (tertiary/aromatic N) is 1. The van der Waals surface area contributed by atoms with Gasteiger partial charge < -0.3 is 19.7 Å². The number of aromatic amines is 2. The molecule has 0 unspecified atom stereocenters. The topological polar surface area (TPSA) is 95.8 Å². The number of carbonyl (C=O) groups excluding carboxylic acids is 1. The van der Waals surface area contributed by atoms with Gasteiger partial charge in [-0.1, -0.05) is 18.2 Å². The van der Waals surface area contributed by atoms with Gasteiger partial charge in [-0.25, -0.2) is 0 Å². The lowest BCUT2D eigenvalue weighted by Gasteiger charge is -2.09. The third-order valence-electron chi connectivity index (χ3n) is 5.53. The predicted molar refractivity (Wildman–Crippen MR) is 125 cm³/mol. The van der Waals surface area contributed by atoms with Crippen LogP contribution >= 0.6 is 12.2 Å². The normalized spacial score (nSPS) is 11.2. The minimum absolute atomic E-state index is 0.175. The fraction of sp³-hybridized carbons (Fsp3) is 0.125. The van der Waals surface area contributed by atoms with Crippen LogP contribution in [0.2, 0.25) is 0 Å². The molecule has 0 saturated carbocycles. The van der Waals surface area contributed by atoms with Gasteiger partial charge in [-0.05, 0) is 60.6 Å². The van der Waals surface area contributed by atoms with Crippen LogP contribution in [0.25, 0.3) is 21.8 Å². The zero-order valence-electron chi connectivity index (χ0n) is 17.1. The van der Waals surface area contributed by atoms with Crippen molar-refractivity contribution < 1.29 is 9.21 Å². The van der Waals surface area contributed by atoms with E-state index in [0.29, 0.717) is 40.0 Å². The highest BCUT2D eigenvalue weighted by molar-refractivity contribution is 7.71. The lowest BCUT2D eigenvalue weighted by Crippen LogP contribution is -2.25. The van der Waals surface area contributed by atoms with Crippen LogP contribution in [0.1, 0.15) is 21.7 Å². The van der Waals surface area contributed by atoms with Crippen molar-refractivity contribution in [2.75, 3.05) is 0 Å². The van der Waals surface area contributed by atoms with Crippen LogP contribution in [-0.2, 0) is 19.5 Å². The lowest BCUT2D eigenvalue weighted by molar-refractivity contribution is 0.0948. The second-order valence-electron chi connectivity index (χ2n) is 7.52. The standard InChI is InChI=1S/C24H20N4O3S/c29-22(26-14-17-4-3-11-31-17)15-7-8-19-21(12-15)27-24(32)28(23(19)30)10-9-16-13-25-20-6-2-1-5-18(16)20/h1-8,11-13,25H,9-10,14H2,(H,26,29)(H,27,32). The number of aromatic nitrogens is 3. The first-order valence-electron chi connectivity index (χ1n) is 10.2. The van der Waals surface area contributed by atoms with Crippen molar-refractivity contribution in [3.63, 3.8) is 0 Å². The molecule has 2 aromatic carbocycles. The fourth-order valence-electron chi connectivity index (χ4n) is 3.85. The van der Waals surface area contributed by atoms with E-state index in [-0.39, 0.29) is 18.0 Å². The third kappa shape index (κ3) is 3.76. The Bertz CT molecular complexity index is 1540. The monoisotopic (exact) mass is 444 g/mol. The largest absolute Gasteiger partial charge is 0.467 e. The number of hydrogen-bond acceptors (Lipinski definition) is 4. The van der Waals surface area contributed by atoms with Crippen molar-refractivity contribution in [3.8, 4) is 0 Å². The van der Waals surface area contributed by atoms with E-state index in [4.69, 9.17) is 16.6 Å². The van der Waals surface area contributed by atoms with Crippen LogP contribution in [0.3, 0.4) is 0 Å². The molecule has 0 saturated heterocycles. The van der Waals surface area contributed by atoms with Crippen LogP contribution < -0.4 is 10.9 Å². The smallest absolute Gasteiger partial charge is 0.262 e. The highest BCUT2D eigenvalue weighted by Crippen LogP contribution is 2.19. The molecule has 0 fully saturated rings. The third-order valence-corrected chi connectivity index (χ3v) is 5.85. The zero-order chi connectivity index (χ0) is 22.1. The number of nitrogens with one attached hydrogen (secondary N) is 3. The number of para-hydroxylation sites is 1. The molecule has 3 heterocycles. The van der Waals surface area contributed by atoms with Gasteiger partial charge in [-0.15, -0.1) is 0 Å². The van der Waals surface area contributed by atoms with Gasteiger partial charge in [0.2, 0.25) is 0 Å². The Hall–Kier alpha value is -3.91. The van der Waals surface area contributed by atoms with E-state index in [0.717, 1.165) is 16.5 Å². The molecule has 32 heavy (non-hydrogen) atoms. The number of carbonyl (C=O) groups is 1. The lowest BCUT2D eigenvalue weighted by atomic mass is 10.1. The summed E-state index contributed by atoms with van der Waals surface area (Å²) < 4.78 is 7.12. The first-order valence-corrected chi connectivity index (χ1v) is 10.6. The van der Waals surface area contributed by atoms with Crippen molar-refractivity contribution in [1.29, 1.82) is 0 Å². The molecular weight excluding hydrogens is 424 g/mol. The van der Waals surface area contributed by atoms with Crippen LogP contribution in [0.4, 0.5) is 0 Å². The molecule has 0 atom stereocenters. The van der Waals surface area contributed by atoms with Crippen LogP contribution in [-0.4, -0.2) is 20.4 Å². The molecule has 3 N–H and O–H groups in total. The summed E-state index contributed by atoms with van der Waals surface area (Å²) in [5, 5.41) is 4.42. The Morgan fingerprint density at radius 2 is 1.94 bits per heavy atom. The molecule has 1 amide bonds. The zero-order valence-corrected chi connectivity index (χ0v) is 17.9. The summed E-state index contributed by atoms with van der Waals surface area (Å²) in [5.74, 6) is 0.405. The molecule has 3 aromatic heterocycles. The van der Waals surface area contributed by atoms with Gasteiger partial charge in [0, 0.05) is 29.2 Å². The van der Waals surface area contributed by atoms with Gasteiger partial charge in [-0.2, -0.15) is 0 Å². The number of hydrogen-bond donors (Lipinski definition) is 3. The summed E-state index contributed by atoms with van der Waals surface area (Å²) in [5.41, 5.74) is 2.99. The molecule has 0 aliphatic rings. The second kappa shape index (κ2) is 8.32. The Balaban J connectivity index is 1.39. The SMILES string of the molecule is O=C(NCc1ccco1)c1ccc2c(=O)n(CCc3c[nH]c4ccccc34)c(=S)[nH]c2c1. The van der Waals surface area contributed by atoms with E-state index >= 15 is 0 Å². The van der Waals surface area contributed by atoms with Gasteiger partial charge in [0.1, 0.15) is 5.76 Å². The van der Waals surface area contributed by atoms with Gasteiger partial charge in [0.05, 0.1) is 23.7 Å². The van der Waals surface area contributed by atoms with Gasteiger partial charge >= 0.3 is 0 Å². The number of furan rings is 1. The summed E-state index contributed by atoms with van der Waals surface area (Å²) in [6, 6.07) is 16.6. The number of amides is 1. The Morgan fingerprint density at radius 3 is 2.78 bits per heavy atom. The fourth-order valence-corrected chi connectivity index (χ4v) is 4.14. The number of H-pyrrole nitrogens is 2. The van der Waals surface area contributed by atoms with E-state index in [1.165, 1.54) is 0 Å². The molecule has 0 bridgehead atoms. The van der Waals surface area contributed by atoms with Crippen LogP contribution in [0, 0.1) is 4.77 Å². The van der Waals surface area contributed by atoms with E-state index in [2.05, 4.69) is 21.4 Å². The maximum atomic E-state index is 13.1. The number of benzene rings is 2. The van der Waals surface area contributed by atoms with E-state index in [1.54, 1.807) is 41.2 Å². The summed E-state index contributed by atoms with van der Waals surface area (Å²) in [7, 11) is 0. The number of fused-ring (bicyclic) bond motifs is 2. The van der Waals surface area contributed by atoms with Crippen LogP contribution in [0.15, 0.2) is 76.3 Å². The van der Waals surface area contributed by atoms with Gasteiger partial charge in [0.15, 0.2) is 4.77 Å². The maximum Gasteiger partial charge on any atom is 0.262 e. The minimum Gasteiger partial charge on any atom is -0.467 e. The van der Waals surface area contributed by atoms with Crippen molar-refractivity contribution in [3.05, 3.63) is 99.1 Å². The summed E-state index contributed by atoms with van der Waals surface area (Å²) in [6.45, 7) is 0.743. The van der Waals surface area contributed by atoms with Crippen molar-refractivity contribution in [2.24, 2.45) is 0 Å². The highest BCUT2D eigenvalue weighted by atomic mass is 32.1. The number of rotatable bonds is 6. The molecule has 160 valence electrons. The minimum atomic E-state index is -0.258. The van der Waals surface area contributed by atoms with Gasteiger partial charge in [0.25, 0.3) is 11.5 Å². The Morgan fingerprint density at radius 1 is 1.06 bits per heavy atom. The molecule has 0 aliphatic heterocycles. The average Bonchev–Trinajstić information content (AvgIpc) is 3.47. The Labute approximate surface area is 187 Å². The van der Waals surface area contributed by atoms with Gasteiger partial charge in [-0.3, -0.25) is 14.2 Å². The van der Waals surface area contributed by atoms with E-state index in [1.807, 2.05) is 24.4 Å². The molecule has 0 aliphatic carbocycles. The number of aryl methyl sites for hydroxylation is 1. The predicted octanol–water partition coefficient (Wildman–Crippen LogP) is 4.31. The average molecular weight is 445 g/mol.